The zero-order valence-corrected chi connectivity index (χ0v) is 13.7. The fourth-order valence-corrected chi connectivity index (χ4v) is 2.98. The van der Waals surface area contributed by atoms with Gasteiger partial charge in [0.05, 0.1) is 20.8 Å². The van der Waals surface area contributed by atoms with Crippen LogP contribution in [-0.2, 0) is 4.74 Å². The number of pyridine rings is 1. The molecule has 0 atom stereocenters. The first-order valence-corrected chi connectivity index (χ1v) is 7.92. The Morgan fingerprint density at radius 3 is 2.61 bits per heavy atom. The molecule has 0 saturated heterocycles. The lowest BCUT2D eigenvalue weighted by molar-refractivity contribution is 0.0522. The van der Waals surface area contributed by atoms with Gasteiger partial charge >= 0.3 is 5.97 Å². The number of fused-ring (bicyclic) bond motifs is 1. The van der Waals surface area contributed by atoms with E-state index in [1.54, 1.807) is 20.1 Å². The molecule has 1 aromatic heterocycles. The lowest BCUT2D eigenvalue weighted by atomic mass is 9.79. The van der Waals surface area contributed by atoms with Crippen LogP contribution in [0, 0.1) is 0 Å². The molecule has 2 aromatic rings. The Bertz CT molecular complexity index is 737. The number of benzene rings is 1. The van der Waals surface area contributed by atoms with Gasteiger partial charge in [-0.25, -0.2) is 9.78 Å². The van der Waals surface area contributed by atoms with Gasteiger partial charge in [0.15, 0.2) is 0 Å². The van der Waals surface area contributed by atoms with Crippen molar-refractivity contribution < 1.29 is 19.0 Å². The number of aromatic nitrogens is 1. The number of carbonyl (C=O) groups excluding carboxylic acids is 1. The first-order valence-electron chi connectivity index (χ1n) is 7.92. The number of ether oxygens (including phenoxy) is 3. The summed E-state index contributed by atoms with van der Waals surface area (Å²) < 4.78 is 16.0. The Morgan fingerprint density at radius 2 is 2.04 bits per heavy atom. The van der Waals surface area contributed by atoms with Gasteiger partial charge in [-0.15, -0.1) is 0 Å². The van der Waals surface area contributed by atoms with Crippen LogP contribution in [0.5, 0.6) is 11.6 Å². The molecule has 0 unspecified atom stereocenters. The minimum absolute atomic E-state index is 0.264. The predicted molar refractivity (Wildman–Crippen MR) is 87.4 cm³/mol. The SMILES string of the molecule is CCOC(=O)c1cc2ccc(C3CCC3)c(OC)c2nc1OC. The lowest BCUT2D eigenvalue weighted by Crippen LogP contribution is -2.11. The normalized spacial score (nSPS) is 14.4. The Balaban J connectivity index is 2.16. The minimum atomic E-state index is -0.430. The van der Waals surface area contributed by atoms with E-state index in [-0.39, 0.29) is 5.88 Å². The highest BCUT2D eigenvalue weighted by Gasteiger charge is 2.25. The van der Waals surface area contributed by atoms with Gasteiger partial charge < -0.3 is 14.2 Å². The molecule has 1 heterocycles. The highest BCUT2D eigenvalue weighted by Crippen LogP contribution is 2.43. The van der Waals surface area contributed by atoms with Crippen LogP contribution in [0.1, 0.15) is 48.0 Å². The second kappa shape index (κ2) is 6.44. The van der Waals surface area contributed by atoms with E-state index in [0.717, 1.165) is 16.7 Å². The highest BCUT2D eigenvalue weighted by molar-refractivity contribution is 5.98. The van der Waals surface area contributed by atoms with E-state index < -0.39 is 5.97 Å². The Morgan fingerprint density at radius 1 is 1.26 bits per heavy atom. The molecule has 0 N–H and O–H groups in total. The van der Waals surface area contributed by atoms with E-state index >= 15 is 0 Å². The second-order valence-corrected chi connectivity index (χ2v) is 5.65. The van der Waals surface area contributed by atoms with Crippen molar-refractivity contribution in [2.75, 3.05) is 20.8 Å². The average Bonchev–Trinajstić information content (AvgIpc) is 2.52. The second-order valence-electron chi connectivity index (χ2n) is 5.65. The third kappa shape index (κ3) is 2.71. The first-order chi connectivity index (χ1) is 11.2. The van der Waals surface area contributed by atoms with Gasteiger partial charge in [0.1, 0.15) is 16.8 Å². The molecule has 0 bridgehead atoms. The molecular weight excluding hydrogens is 294 g/mol. The highest BCUT2D eigenvalue weighted by atomic mass is 16.5. The summed E-state index contributed by atoms with van der Waals surface area (Å²) in [5, 5.41) is 0.841. The smallest absolute Gasteiger partial charge is 0.343 e. The van der Waals surface area contributed by atoms with Crippen molar-refractivity contribution in [3.63, 3.8) is 0 Å². The van der Waals surface area contributed by atoms with Crippen LogP contribution in [0.25, 0.3) is 10.9 Å². The van der Waals surface area contributed by atoms with Crippen LogP contribution >= 0.6 is 0 Å². The number of nitrogens with zero attached hydrogens (tertiary/aromatic N) is 1. The topological polar surface area (TPSA) is 57.7 Å². The summed E-state index contributed by atoms with van der Waals surface area (Å²) in [5.74, 6) is 1.15. The number of carbonyl (C=O) groups is 1. The summed E-state index contributed by atoms with van der Waals surface area (Å²) in [6.45, 7) is 2.08. The van der Waals surface area contributed by atoms with Crippen LogP contribution in [0.15, 0.2) is 18.2 Å². The molecule has 0 amide bonds. The Labute approximate surface area is 135 Å². The van der Waals surface area contributed by atoms with Crippen LogP contribution in [0.4, 0.5) is 0 Å². The van der Waals surface area contributed by atoms with Crippen LogP contribution in [0.3, 0.4) is 0 Å². The monoisotopic (exact) mass is 315 g/mol. The summed E-state index contributed by atoms with van der Waals surface area (Å²) in [5.41, 5.74) is 2.24. The lowest BCUT2D eigenvalue weighted by Gasteiger charge is -2.27. The molecule has 1 aliphatic rings. The molecule has 1 saturated carbocycles. The average molecular weight is 315 g/mol. The third-order valence-corrected chi connectivity index (χ3v) is 4.37. The predicted octanol–water partition coefficient (Wildman–Crippen LogP) is 3.70. The molecular formula is C18H21NO4. The molecule has 5 heteroatoms. The fourth-order valence-electron chi connectivity index (χ4n) is 2.98. The van der Waals surface area contributed by atoms with Gasteiger partial charge in [-0.05, 0) is 37.3 Å². The molecule has 0 aliphatic heterocycles. The molecule has 23 heavy (non-hydrogen) atoms. The van der Waals surface area contributed by atoms with E-state index in [9.17, 15) is 4.79 Å². The quantitative estimate of drug-likeness (QED) is 0.788. The molecule has 1 aromatic carbocycles. The van der Waals surface area contributed by atoms with E-state index in [1.807, 2.05) is 6.07 Å². The standard InChI is InChI=1S/C18H21NO4/c1-4-23-18(20)14-10-12-8-9-13(11-6-5-7-11)16(21-2)15(12)19-17(14)22-3/h8-11H,4-7H2,1-3H3. The van der Waals surface area contributed by atoms with Crippen LogP contribution in [-0.4, -0.2) is 31.8 Å². The van der Waals surface area contributed by atoms with Crippen molar-refractivity contribution in [2.45, 2.75) is 32.1 Å². The summed E-state index contributed by atoms with van der Waals surface area (Å²) in [4.78, 5) is 16.6. The van der Waals surface area contributed by atoms with Gasteiger partial charge in [0, 0.05) is 5.39 Å². The van der Waals surface area contributed by atoms with Gasteiger partial charge in [0.25, 0.3) is 0 Å². The fraction of sp³-hybridized carbons (Fsp3) is 0.444. The first kappa shape index (κ1) is 15.6. The zero-order valence-electron chi connectivity index (χ0n) is 13.7. The molecule has 1 fully saturated rings. The molecule has 5 nitrogen and oxygen atoms in total. The Hall–Kier alpha value is -2.30. The largest absolute Gasteiger partial charge is 0.494 e. The Kier molecular flexibility index (Phi) is 4.37. The summed E-state index contributed by atoms with van der Waals surface area (Å²) >= 11 is 0. The molecule has 0 spiro atoms. The van der Waals surface area contributed by atoms with E-state index in [0.29, 0.717) is 18.1 Å². The maximum absolute atomic E-state index is 12.1. The van der Waals surface area contributed by atoms with Crippen molar-refractivity contribution in [2.24, 2.45) is 0 Å². The van der Waals surface area contributed by atoms with Gasteiger partial charge in [-0.1, -0.05) is 18.6 Å². The molecule has 3 rings (SSSR count). The third-order valence-electron chi connectivity index (χ3n) is 4.37. The zero-order chi connectivity index (χ0) is 16.4. The van der Waals surface area contributed by atoms with Crippen molar-refractivity contribution in [3.8, 4) is 11.6 Å². The van der Waals surface area contributed by atoms with E-state index in [4.69, 9.17) is 14.2 Å². The molecule has 1 aliphatic carbocycles. The number of esters is 1. The maximum atomic E-state index is 12.1. The van der Waals surface area contributed by atoms with Gasteiger partial charge in [0.2, 0.25) is 5.88 Å². The summed E-state index contributed by atoms with van der Waals surface area (Å²) in [6, 6.07) is 5.82. The summed E-state index contributed by atoms with van der Waals surface area (Å²) in [6.07, 6.45) is 3.62. The van der Waals surface area contributed by atoms with Gasteiger partial charge in [-0.2, -0.15) is 0 Å². The van der Waals surface area contributed by atoms with E-state index in [1.165, 1.54) is 31.9 Å². The number of hydrogen-bond donors (Lipinski definition) is 0. The van der Waals surface area contributed by atoms with Crippen LogP contribution < -0.4 is 9.47 Å². The van der Waals surface area contributed by atoms with Crippen molar-refractivity contribution in [1.29, 1.82) is 0 Å². The van der Waals surface area contributed by atoms with E-state index in [2.05, 4.69) is 11.1 Å². The van der Waals surface area contributed by atoms with Gasteiger partial charge in [-0.3, -0.25) is 0 Å². The number of hydrogen-bond acceptors (Lipinski definition) is 5. The number of rotatable bonds is 5. The maximum Gasteiger partial charge on any atom is 0.343 e. The molecule has 122 valence electrons. The van der Waals surface area contributed by atoms with Crippen molar-refractivity contribution in [3.05, 3.63) is 29.3 Å². The number of methoxy groups -OCH3 is 2. The van der Waals surface area contributed by atoms with Crippen molar-refractivity contribution >= 4 is 16.9 Å². The van der Waals surface area contributed by atoms with Crippen molar-refractivity contribution in [1.82, 2.24) is 4.98 Å². The summed E-state index contributed by atoms with van der Waals surface area (Å²) in [7, 11) is 3.16. The minimum Gasteiger partial charge on any atom is -0.494 e. The van der Waals surface area contributed by atoms with Crippen LogP contribution in [0.2, 0.25) is 0 Å². The molecule has 0 radical (unpaired) electrons.